The lowest BCUT2D eigenvalue weighted by Crippen LogP contribution is -2.59. The van der Waals surface area contributed by atoms with Crippen LogP contribution in [-0.4, -0.2) is 47.2 Å². The van der Waals surface area contributed by atoms with E-state index in [9.17, 15) is 0 Å². The Bertz CT molecular complexity index is 243. The van der Waals surface area contributed by atoms with Gasteiger partial charge < -0.3 is 18.2 Å². The second-order valence-corrected chi connectivity index (χ2v) is 6.63. The maximum absolute atomic E-state index is 5.45. The van der Waals surface area contributed by atoms with Gasteiger partial charge in [0.2, 0.25) is 0 Å². The third-order valence-corrected chi connectivity index (χ3v) is 5.77. The molecular weight excluding hydrogens is 210 g/mol. The van der Waals surface area contributed by atoms with Crippen LogP contribution in [0.3, 0.4) is 0 Å². The molecule has 1 aliphatic heterocycles. The second-order valence-electron chi connectivity index (χ2n) is 3.36. The first-order valence-corrected chi connectivity index (χ1v) is 6.75. The highest BCUT2D eigenvalue weighted by Crippen LogP contribution is 2.18. The van der Waals surface area contributed by atoms with E-state index in [0.717, 1.165) is 6.54 Å². The fraction of sp³-hybridized carbons (Fsp3) is 0.600. The van der Waals surface area contributed by atoms with Gasteiger partial charge in [0.1, 0.15) is 0 Å². The summed E-state index contributed by atoms with van der Waals surface area (Å²) in [4.78, 5) is 2.16. The first-order valence-electron chi connectivity index (χ1n) is 4.94. The van der Waals surface area contributed by atoms with E-state index in [1.807, 2.05) is 18.4 Å². The van der Waals surface area contributed by atoms with Crippen molar-refractivity contribution < 1.29 is 13.3 Å². The molecule has 0 bridgehead atoms. The first-order chi connectivity index (χ1) is 7.20. The minimum atomic E-state index is -2.57. The maximum atomic E-state index is 5.45. The van der Waals surface area contributed by atoms with E-state index in [4.69, 9.17) is 13.3 Å². The lowest BCUT2D eigenvalue weighted by atomic mass is 10.3. The molecule has 0 aromatic rings. The minimum Gasteiger partial charge on any atom is -0.376 e. The average Bonchev–Trinajstić information content (AvgIpc) is 2.33. The predicted molar refractivity (Wildman–Crippen MR) is 61.2 cm³/mol. The monoisotopic (exact) mass is 229 g/mol. The summed E-state index contributed by atoms with van der Waals surface area (Å²) in [5.74, 6) is 0. The zero-order valence-corrected chi connectivity index (χ0v) is 10.8. The second kappa shape index (κ2) is 5.46. The summed E-state index contributed by atoms with van der Waals surface area (Å²) in [5, 5.41) is 0. The Labute approximate surface area is 92.5 Å². The van der Waals surface area contributed by atoms with Crippen molar-refractivity contribution in [1.82, 2.24) is 4.90 Å². The number of allylic oxidation sites excluding steroid dienone is 2. The van der Waals surface area contributed by atoms with Crippen molar-refractivity contribution in [3.63, 3.8) is 0 Å². The molecule has 1 atom stereocenters. The van der Waals surface area contributed by atoms with Gasteiger partial charge in [0.05, 0.1) is 5.67 Å². The van der Waals surface area contributed by atoms with Gasteiger partial charge in [-0.15, -0.1) is 0 Å². The van der Waals surface area contributed by atoms with E-state index in [1.165, 1.54) is 0 Å². The molecule has 86 valence electrons. The molecular formula is C10H19NO3Si. The molecule has 0 saturated carbocycles. The fourth-order valence-electron chi connectivity index (χ4n) is 1.73. The Morgan fingerprint density at radius 2 is 1.73 bits per heavy atom. The smallest absolute Gasteiger partial charge is 0.376 e. The van der Waals surface area contributed by atoms with E-state index in [-0.39, 0.29) is 5.67 Å². The van der Waals surface area contributed by atoms with E-state index in [1.54, 1.807) is 21.3 Å². The van der Waals surface area contributed by atoms with Gasteiger partial charge in [-0.25, -0.2) is 0 Å². The molecule has 0 saturated heterocycles. The van der Waals surface area contributed by atoms with Crippen LogP contribution in [0.4, 0.5) is 0 Å². The molecule has 1 heterocycles. The Morgan fingerprint density at radius 1 is 1.13 bits per heavy atom. The van der Waals surface area contributed by atoms with E-state index in [2.05, 4.69) is 17.9 Å². The summed E-state index contributed by atoms with van der Waals surface area (Å²) < 4.78 is 16.3. The van der Waals surface area contributed by atoms with E-state index >= 15 is 0 Å². The zero-order chi connectivity index (χ0) is 11.3. The van der Waals surface area contributed by atoms with Crippen LogP contribution in [-0.2, 0) is 13.3 Å². The highest BCUT2D eigenvalue weighted by Gasteiger charge is 2.47. The van der Waals surface area contributed by atoms with Crippen molar-refractivity contribution in [2.45, 2.75) is 12.6 Å². The molecule has 0 aliphatic carbocycles. The molecule has 0 N–H and O–H groups in total. The Balaban J connectivity index is 2.75. The quantitative estimate of drug-likeness (QED) is 0.662. The number of hydrogen-bond donors (Lipinski definition) is 0. The van der Waals surface area contributed by atoms with Crippen LogP contribution in [0.2, 0.25) is 0 Å². The molecule has 1 unspecified atom stereocenters. The highest BCUT2D eigenvalue weighted by atomic mass is 28.4. The third kappa shape index (κ3) is 2.49. The van der Waals surface area contributed by atoms with Gasteiger partial charge in [0.25, 0.3) is 0 Å². The maximum Gasteiger partial charge on any atom is 0.523 e. The summed E-state index contributed by atoms with van der Waals surface area (Å²) in [6.07, 6.45) is 8.15. The molecule has 1 aliphatic rings. The normalized spacial score (nSPS) is 18.3. The lowest BCUT2D eigenvalue weighted by Gasteiger charge is -2.37. The molecule has 0 aromatic carbocycles. The predicted octanol–water partition coefficient (Wildman–Crippen LogP) is 1.18. The molecule has 5 heteroatoms. The first kappa shape index (κ1) is 12.4. The van der Waals surface area contributed by atoms with Crippen molar-refractivity contribution in [3.8, 4) is 0 Å². The van der Waals surface area contributed by atoms with Gasteiger partial charge in [-0.3, -0.25) is 0 Å². The molecule has 4 nitrogen and oxygen atoms in total. The molecule has 0 aromatic heterocycles. The number of rotatable bonds is 5. The lowest BCUT2D eigenvalue weighted by molar-refractivity contribution is 0.0925. The summed E-state index contributed by atoms with van der Waals surface area (Å²) >= 11 is 0. The standard InChI is InChI=1S/C10H19NO3Si/c1-10(11-8-6-5-7-9-11)15(12-2,13-3)14-4/h5-8,10H,9H2,1-4H3. The molecule has 1 rings (SSSR count). The largest absolute Gasteiger partial charge is 0.523 e. The SMILES string of the molecule is CO[Si](OC)(OC)C(C)N1C=CC=CC1. The molecule has 0 spiro atoms. The van der Waals surface area contributed by atoms with Gasteiger partial charge in [-0.05, 0) is 19.2 Å². The van der Waals surface area contributed by atoms with Gasteiger partial charge in [-0.2, -0.15) is 0 Å². The van der Waals surface area contributed by atoms with E-state index in [0.29, 0.717) is 0 Å². The summed E-state index contributed by atoms with van der Waals surface area (Å²) in [7, 11) is 2.35. The fourth-order valence-corrected chi connectivity index (χ4v) is 3.86. The number of hydrogen-bond acceptors (Lipinski definition) is 4. The summed E-state index contributed by atoms with van der Waals surface area (Å²) in [6, 6.07) is 0. The van der Waals surface area contributed by atoms with Crippen LogP contribution in [0.15, 0.2) is 24.4 Å². The minimum absolute atomic E-state index is 0.110. The topological polar surface area (TPSA) is 30.9 Å². The van der Waals surface area contributed by atoms with Crippen LogP contribution in [0.5, 0.6) is 0 Å². The zero-order valence-electron chi connectivity index (χ0n) is 9.77. The van der Waals surface area contributed by atoms with Gasteiger partial charge >= 0.3 is 8.80 Å². The highest BCUT2D eigenvalue weighted by molar-refractivity contribution is 6.62. The molecule has 0 radical (unpaired) electrons. The Kier molecular flexibility index (Phi) is 4.53. The van der Waals surface area contributed by atoms with Crippen molar-refractivity contribution >= 4 is 8.80 Å². The van der Waals surface area contributed by atoms with Crippen LogP contribution >= 0.6 is 0 Å². The van der Waals surface area contributed by atoms with Gasteiger partial charge in [0, 0.05) is 27.9 Å². The van der Waals surface area contributed by atoms with Crippen LogP contribution < -0.4 is 0 Å². The van der Waals surface area contributed by atoms with Crippen molar-refractivity contribution in [1.29, 1.82) is 0 Å². The van der Waals surface area contributed by atoms with Crippen LogP contribution in [0, 0.1) is 0 Å². The van der Waals surface area contributed by atoms with Gasteiger partial charge in [-0.1, -0.05) is 12.2 Å². The van der Waals surface area contributed by atoms with Gasteiger partial charge in [0.15, 0.2) is 0 Å². The van der Waals surface area contributed by atoms with Crippen LogP contribution in [0.25, 0.3) is 0 Å². The average molecular weight is 229 g/mol. The summed E-state index contributed by atoms with van der Waals surface area (Å²) in [5.41, 5.74) is 0.110. The number of nitrogens with zero attached hydrogens (tertiary/aromatic N) is 1. The van der Waals surface area contributed by atoms with Crippen molar-refractivity contribution in [2.24, 2.45) is 0 Å². The molecule has 0 amide bonds. The Hall–Kier alpha value is -0.623. The van der Waals surface area contributed by atoms with Crippen molar-refractivity contribution in [3.05, 3.63) is 24.4 Å². The van der Waals surface area contributed by atoms with E-state index < -0.39 is 8.80 Å². The Morgan fingerprint density at radius 3 is 2.13 bits per heavy atom. The molecule has 0 fully saturated rings. The third-order valence-electron chi connectivity index (χ3n) is 2.70. The van der Waals surface area contributed by atoms with Crippen molar-refractivity contribution in [2.75, 3.05) is 27.9 Å². The van der Waals surface area contributed by atoms with Crippen LogP contribution in [0.1, 0.15) is 6.92 Å². The summed E-state index contributed by atoms with van der Waals surface area (Å²) in [6.45, 7) is 2.93. The molecule has 15 heavy (non-hydrogen) atoms.